The molecule has 1 fully saturated rings. The van der Waals surface area contributed by atoms with Gasteiger partial charge in [0.05, 0.1) is 11.1 Å². The molecule has 1 aliphatic rings. The van der Waals surface area contributed by atoms with Crippen molar-refractivity contribution in [2.24, 2.45) is 0 Å². The summed E-state index contributed by atoms with van der Waals surface area (Å²) in [6, 6.07) is 17.7. The number of anilines is 1. The summed E-state index contributed by atoms with van der Waals surface area (Å²) in [6.45, 7) is 4.07. The standard InChI is InChI=1S/C21H20N2O2/c1-14-7-6-10-17(15(14)2)22-20(24)21(11-12-21)19-13-18(25-23-19)16-8-4-3-5-9-16/h3-10,13H,11-12H2,1-2H3,(H,22,24). The molecule has 4 rings (SSSR count). The smallest absolute Gasteiger partial charge is 0.236 e. The third kappa shape index (κ3) is 2.74. The Labute approximate surface area is 146 Å². The number of nitrogens with zero attached hydrogens (tertiary/aromatic N) is 1. The first-order chi connectivity index (χ1) is 12.1. The van der Waals surface area contributed by atoms with E-state index in [-0.39, 0.29) is 5.91 Å². The number of amides is 1. The van der Waals surface area contributed by atoms with Gasteiger partial charge in [0.2, 0.25) is 5.91 Å². The van der Waals surface area contributed by atoms with Crippen molar-refractivity contribution in [2.75, 3.05) is 5.32 Å². The molecule has 4 nitrogen and oxygen atoms in total. The Bertz CT molecular complexity index is 924. The Hall–Kier alpha value is -2.88. The maximum atomic E-state index is 12.9. The molecule has 4 heteroatoms. The van der Waals surface area contributed by atoms with Crippen molar-refractivity contribution in [1.29, 1.82) is 0 Å². The van der Waals surface area contributed by atoms with E-state index in [1.165, 1.54) is 0 Å². The molecule has 2 aromatic carbocycles. The molecule has 1 N–H and O–H groups in total. The van der Waals surface area contributed by atoms with Crippen molar-refractivity contribution in [3.63, 3.8) is 0 Å². The van der Waals surface area contributed by atoms with Gasteiger partial charge in [-0.2, -0.15) is 0 Å². The zero-order chi connectivity index (χ0) is 17.4. The SMILES string of the molecule is Cc1cccc(NC(=O)C2(c3cc(-c4ccccc4)on3)CC2)c1C. The number of benzene rings is 2. The van der Waals surface area contributed by atoms with Crippen LogP contribution in [0.15, 0.2) is 59.1 Å². The van der Waals surface area contributed by atoms with Crippen LogP contribution in [0.2, 0.25) is 0 Å². The lowest BCUT2D eigenvalue weighted by Gasteiger charge is -2.15. The van der Waals surface area contributed by atoms with Gasteiger partial charge in [0, 0.05) is 17.3 Å². The average Bonchev–Trinajstić information content (AvgIpc) is 3.30. The second-order valence-corrected chi connectivity index (χ2v) is 6.73. The molecule has 0 spiro atoms. The lowest BCUT2D eigenvalue weighted by Crippen LogP contribution is -2.28. The molecular weight excluding hydrogens is 312 g/mol. The summed E-state index contributed by atoms with van der Waals surface area (Å²) in [4.78, 5) is 12.9. The minimum atomic E-state index is -0.563. The third-order valence-electron chi connectivity index (χ3n) is 5.10. The Balaban J connectivity index is 1.59. The van der Waals surface area contributed by atoms with E-state index in [1.807, 2.05) is 68.4 Å². The predicted octanol–water partition coefficient (Wildman–Crippen LogP) is 4.63. The molecule has 3 aromatic rings. The van der Waals surface area contributed by atoms with Gasteiger partial charge in [0.1, 0.15) is 0 Å². The summed E-state index contributed by atoms with van der Waals surface area (Å²) < 4.78 is 5.49. The number of nitrogens with one attached hydrogen (secondary N) is 1. The molecule has 1 aromatic heterocycles. The summed E-state index contributed by atoms with van der Waals surface area (Å²) in [7, 11) is 0. The first-order valence-corrected chi connectivity index (χ1v) is 8.50. The number of aryl methyl sites for hydroxylation is 1. The average molecular weight is 332 g/mol. The topological polar surface area (TPSA) is 55.1 Å². The first kappa shape index (κ1) is 15.6. The molecule has 1 saturated carbocycles. The highest BCUT2D eigenvalue weighted by Gasteiger charge is 2.53. The van der Waals surface area contributed by atoms with E-state index in [9.17, 15) is 4.79 Å². The van der Waals surface area contributed by atoms with Crippen molar-refractivity contribution >= 4 is 11.6 Å². The Morgan fingerprint density at radius 2 is 1.84 bits per heavy atom. The van der Waals surface area contributed by atoms with E-state index >= 15 is 0 Å². The van der Waals surface area contributed by atoms with Crippen LogP contribution < -0.4 is 5.32 Å². The molecular formula is C21H20N2O2. The minimum absolute atomic E-state index is 0.00545. The highest BCUT2D eigenvalue weighted by Crippen LogP contribution is 2.49. The molecule has 1 amide bonds. The number of aromatic nitrogens is 1. The lowest BCUT2D eigenvalue weighted by atomic mass is 9.99. The van der Waals surface area contributed by atoms with E-state index in [0.29, 0.717) is 11.5 Å². The molecule has 0 atom stereocenters. The van der Waals surface area contributed by atoms with Crippen LogP contribution in [0.4, 0.5) is 5.69 Å². The van der Waals surface area contributed by atoms with Gasteiger partial charge in [-0.25, -0.2) is 0 Å². The number of carbonyl (C=O) groups excluding carboxylic acids is 1. The van der Waals surface area contributed by atoms with Crippen LogP contribution in [0.25, 0.3) is 11.3 Å². The highest BCUT2D eigenvalue weighted by molar-refractivity contribution is 6.01. The first-order valence-electron chi connectivity index (χ1n) is 8.50. The number of carbonyl (C=O) groups is 1. The normalized spacial score (nSPS) is 15.0. The van der Waals surface area contributed by atoms with Gasteiger partial charge in [-0.1, -0.05) is 47.6 Å². The third-order valence-corrected chi connectivity index (χ3v) is 5.10. The van der Waals surface area contributed by atoms with Crippen LogP contribution in [-0.4, -0.2) is 11.1 Å². The predicted molar refractivity (Wildman–Crippen MR) is 97.4 cm³/mol. The van der Waals surface area contributed by atoms with Crippen molar-refractivity contribution in [3.8, 4) is 11.3 Å². The Kier molecular flexibility index (Phi) is 3.68. The van der Waals surface area contributed by atoms with E-state index in [0.717, 1.165) is 35.2 Å². The molecule has 126 valence electrons. The van der Waals surface area contributed by atoms with Crippen molar-refractivity contribution in [1.82, 2.24) is 5.16 Å². The quantitative estimate of drug-likeness (QED) is 0.758. The summed E-state index contributed by atoms with van der Waals surface area (Å²) in [5, 5.41) is 7.27. The highest BCUT2D eigenvalue weighted by atomic mass is 16.5. The Morgan fingerprint density at radius 1 is 1.08 bits per heavy atom. The molecule has 0 unspecified atom stereocenters. The number of rotatable bonds is 4. The zero-order valence-corrected chi connectivity index (χ0v) is 14.4. The summed E-state index contributed by atoms with van der Waals surface area (Å²) in [6.07, 6.45) is 1.59. The monoisotopic (exact) mass is 332 g/mol. The summed E-state index contributed by atoms with van der Waals surface area (Å²) in [5.74, 6) is 0.690. The van der Waals surface area contributed by atoms with Gasteiger partial charge in [0.15, 0.2) is 5.76 Å². The van der Waals surface area contributed by atoms with Gasteiger partial charge < -0.3 is 9.84 Å². The van der Waals surface area contributed by atoms with Gasteiger partial charge in [-0.15, -0.1) is 0 Å². The summed E-state index contributed by atoms with van der Waals surface area (Å²) in [5.41, 5.74) is 4.24. The van der Waals surface area contributed by atoms with Crippen LogP contribution in [0.1, 0.15) is 29.7 Å². The minimum Gasteiger partial charge on any atom is -0.356 e. The van der Waals surface area contributed by atoms with Gasteiger partial charge in [-0.05, 0) is 43.9 Å². The van der Waals surface area contributed by atoms with Crippen LogP contribution in [0.5, 0.6) is 0 Å². The fraction of sp³-hybridized carbons (Fsp3) is 0.238. The Morgan fingerprint density at radius 3 is 2.56 bits per heavy atom. The number of hydrogen-bond donors (Lipinski definition) is 1. The van der Waals surface area contributed by atoms with E-state index < -0.39 is 5.41 Å². The van der Waals surface area contributed by atoms with Gasteiger partial charge >= 0.3 is 0 Å². The van der Waals surface area contributed by atoms with Crippen molar-refractivity contribution in [3.05, 3.63) is 71.4 Å². The van der Waals surface area contributed by atoms with Gasteiger partial charge in [0.25, 0.3) is 0 Å². The van der Waals surface area contributed by atoms with E-state index in [2.05, 4.69) is 10.5 Å². The zero-order valence-electron chi connectivity index (χ0n) is 14.4. The number of hydrogen-bond acceptors (Lipinski definition) is 3. The molecule has 0 aliphatic heterocycles. The molecule has 25 heavy (non-hydrogen) atoms. The van der Waals surface area contributed by atoms with Crippen molar-refractivity contribution < 1.29 is 9.32 Å². The van der Waals surface area contributed by atoms with Gasteiger partial charge in [-0.3, -0.25) is 4.79 Å². The van der Waals surface area contributed by atoms with Crippen LogP contribution in [0, 0.1) is 13.8 Å². The molecule has 0 bridgehead atoms. The lowest BCUT2D eigenvalue weighted by molar-refractivity contribution is -0.118. The second kappa shape index (κ2) is 5.88. The second-order valence-electron chi connectivity index (χ2n) is 6.73. The maximum Gasteiger partial charge on any atom is 0.236 e. The van der Waals surface area contributed by atoms with E-state index in [1.54, 1.807) is 0 Å². The van der Waals surface area contributed by atoms with Crippen LogP contribution in [0.3, 0.4) is 0 Å². The van der Waals surface area contributed by atoms with Crippen LogP contribution >= 0.6 is 0 Å². The maximum absolute atomic E-state index is 12.9. The molecule has 1 heterocycles. The molecule has 1 aliphatic carbocycles. The summed E-state index contributed by atoms with van der Waals surface area (Å²) >= 11 is 0. The van der Waals surface area contributed by atoms with Crippen LogP contribution in [-0.2, 0) is 10.2 Å². The molecule has 0 radical (unpaired) electrons. The fourth-order valence-electron chi connectivity index (χ4n) is 3.09. The van der Waals surface area contributed by atoms with Crippen molar-refractivity contribution in [2.45, 2.75) is 32.1 Å². The molecule has 0 saturated heterocycles. The van der Waals surface area contributed by atoms with E-state index in [4.69, 9.17) is 4.52 Å². The largest absolute Gasteiger partial charge is 0.356 e. The fourth-order valence-corrected chi connectivity index (χ4v) is 3.09.